The maximum Gasteiger partial charge on any atom is 0.341 e. The second-order valence-corrected chi connectivity index (χ2v) is 5.76. The first kappa shape index (κ1) is 17.4. The van der Waals surface area contributed by atoms with Gasteiger partial charge in [0.1, 0.15) is 11.4 Å². The van der Waals surface area contributed by atoms with Gasteiger partial charge in [-0.25, -0.2) is 9.78 Å². The van der Waals surface area contributed by atoms with Gasteiger partial charge in [-0.3, -0.25) is 4.68 Å². The number of rotatable bonds is 7. The lowest BCUT2D eigenvalue weighted by atomic mass is 10.1. The lowest BCUT2D eigenvalue weighted by Gasteiger charge is -2.12. The minimum atomic E-state index is -1.08. The molecule has 0 radical (unpaired) electrons. The van der Waals surface area contributed by atoms with Gasteiger partial charge >= 0.3 is 5.97 Å². The summed E-state index contributed by atoms with van der Waals surface area (Å²) in [6.07, 6.45) is 5.61. The molecule has 0 fully saturated rings. The Morgan fingerprint density at radius 3 is 2.65 bits per heavy atom. The molecule has 134 valence electrons. The van der Waals surface area contributed by atoms with E-state index in [4.69, 9.17) is 0 Å². The van der Waals surface area contributed by atoms with Crippen LogP contribution in [0.1, 0.15) is 28.4 Å². The topological polar surface area (TPSA) is 105 Å². The van der Waals surface area contributed by atoms with E-state index in [1.807, 2.05) is 18.2 Å². The Morgan fingerprint density at radius 2 is 2.00 bits per heavy atom. The van der Waals surface area contributed by atoms with Crippen LogP contribution in [0.4, 0.5) is 17.5 Å². The number of hydrogen-bond donors (Lipinski definition) is 3. The molecule has 0 atom stereocenters. The molecule has 2 heterocycles. The zero-order chi connectivity index (χ0) is 18.5. The van der Waals surface area contributed by atoms with Crippen LogP contribution in [0.2, 0.25) is 0 Å². The summed E-state index contributed by atoms with van der Waals surface area (Å²) in [6.45, 7) is 2.57. The number of aromatic nitrogens is 4. The number of aromatic carboxylic acids is 1. The third-order valence-corrected chi connectivity index (χ3v) is 3.93. The van der Waals surface area contributed by atoms with Gasteiger partial charge in [0.2, 0.25) is 5.95 Å². The molecule has 2 aromatic heterocycles. The highest BCUT2D eigenvalue weighted by molar-refractivity contribution is 5.93. The standard InChI is InChI=1S/C18H20N6O2/c1-3-12-6-4-5-7-13(12)8-19-16-15(17(25)26)10-20-18(23-16)22-14-9-21-24(2)11-14/h4-7,9-11H,3,8H2,1-2H3,(H,25,26)(H2,19,20,22,23). The van der Waals surface area contributed by atoms with Crippen molar-refractivity contribution < 1.29 is 9.90 Å². The summed E-state index contributed by atoms with van der Waals surface area (Å²) in [5.41, 5.74) is 3.06. The molecular formula is C18H20N6O2. The summed E-state index contributed by atoms with van der Waals surface area (Å²) in [4.78, 5) is 19.9. The van der Waals surface area contributed by atoms with Gasteiger partial charge in [-0.2, -0.15) is 10.1 Å². The van der Waals surface area contributed by atoms with Crippen molar-refractivity contribution in [2.24, 2.45) is 7.05 Å². The Balaban J connectivity index is 1.83. The predicted molar refractivity (Wildman–Crippen MR) is 98.6 cm³/mol. The summed E-state index contributed by atoms with van der Waals surface area (Å²) in [7, 11) is 1.80. The number of nitrogens with zero attached hydrogens (tertiary/aromatic N) is 4. The predicted octanol–water partition coefficient (Wildman–Crippen LogP) is 2.83. The van der Waals surface area contributed by atoms with Crippen molar-refractivity contribution in [3.8, 4) is 0 Å². The summed E-state index contributed by atoms with van der Waals surface area (Å²) >= 11 is 0. The normalized spacial score (nSPS) is 10.5. The molecule has 0 aliphatic carbocycles. The second kappa shape index (κ2) is 7.64. The number of hydrogen-bond acceptors (Lipinski definition) is 6. The van der Waals surface area contributed by atoms with E-state index in [0.717, 1.165) is 17.7 Å². The van der Waals surface area contributed by atoms with Gasteiger partial charge in [-0.15, -0.1) is 0 Å². The molecule has 0 saturated heterocycles. The van der Waals surface area contributed by atoms with Gasteiger partial charge in [0.05, 0.1) is 11.9 Å². The van der Waals surface area contributed by atoms with Gasteiger partial charge in [-0.05, 0) is 17.5 Å². The second-order valence-electron chi connectivity index (χ2n) is 5.76. The first-order chi connectivity index (χ1) is 12.6. The number of carboxylic acid groups (broad SMARTS) is 1. The molecule has 8 nitrogen and oxygen atoms in total. The minimum Gasteiger partial charge on any atom is -0.477 e. The Kier molecular flexibility index (Phi) is 5.12. The van der Waals surface area contributed by atoms with Crippen molar-refractivity contribution in [1.82, 2.24) is 19.7 Å². The zero-order valence-corrected chi connectivity index (χ0v) is 14.6. The van der Waals surface area contributed by atoms with Crippen molar-refractivity contribution in [2.45, 2.75) is 19.9 Å². The van der Waals surface area contributed by atoms with E-state index in [2.05, 4.69) is 38.7 Å². The number of carbonyl (C=O) groups is 1. The molecule has 0 bridgehead atoms. The van der Waals surface area contributed by atoms with Crippen molar-refractivity contribution in [1.29, 1.82) is 0 Å². The van der Waals surface area contributed by atoms with Gasteiger partial charge in [-0.1, -0.05) is 31.2 Å². The highest BCUT2D eigenvalue weighted by atomic mass is 16.4. The molecule has 3 N–H and O–H groups in total. The quantitative estimate of drug-likeness (QED) is 0.600. The van der Waals surface area contributed by atoms with E-state index in [1.165, 1.54) is 11.8 Å². The van der Waals surface area contributed by atoms with Crippen molar-refractivity contribution >= 4 is 23.4 Å². The van der Waals surface area contributed by atoms with Gasteiger partial charge < -0.3 is 15.7 Å². The van der Waals surface area contributed by atoms with E-state index in [1.54, 1.807) is 24.1 Å². The van der Waals surface area contributed by atoms with Crippen molar-refractivity contribution in [3.05, 3.63) is 59.5 Å². The van der Waals surface area contributed by atoms with Crippen LogP contribution in [0.5, 0.6) is 0 Å². The van der Waals surface area contributed by atoms with E-state index in [9.17, 15) is 9.90 Å². The fourth-order valence-corrected chi connectivity index (χ4v) is 2.60. The summed E-state index contributed by atoms with van der Waals surface area (Å²) in [5, 5.41) is 19.6. The maximum absolute atomic E-state index is 11.5. The number of aryl methyl sites for hydroxylation is 2. The third kappa shape index (κ3) is 3.97. The fourth-order valence-electron chi connectivity index (χ4n) is 2.60. The molecule has 0 aliphatic rings. The van der Waals surface area contributed by atoms with E-state index >= 15 is 0 Å². The van der Waals surface area contributed by atoms with Gasteiger partial charge in [0.25, 0.3) is 0 Å². The van der Waals surface area contributed by atoms with E-state index in [-0.39, 0.29) is 11.4 Å². The zero-order valence-electron chi connectivity index (χ0n) is 14.6. The van der Waals surface area contributed by atoms with Crippen molar-refractivity contribution in [2.75, 3.05) is 10.6 Å². The van der Waals surface area contributed by atoms with Crippen LogP contribution in [0.15, 0.2) is 42.9 Å². The first-order valence-electron chi connectivity index (χ1n) is 8.23. The number of anilines is 3. The van der Waals surface area contributed by atoms with Crippen LogP contribution in [-0.2, 0) is 20.0 Å². The average molecular weight is 352 g/mol. The summed E-state index contributed by atoms with van der Waals surface area (Å²) in [6, 6.07) is 8.03. The highest BCUT2D eigenvalue weighted by Crippen LogP contribution is 2.19. The molecule has 1 aromatic carbocycles. The van der Waals surface area contributed by atoms with Crippen LogP contribution < -0.4 is 10.6 Å². The molecule has 26 heavy (non-hydrogen) atoms. The van der Waals surface area contributed by atoms with Gasteiger partial charge in [0, 0.05) is 26.0 Å². The molecule has 8 heteroatoms. The Labute approximate surface area is 150 Å². The molecule has 0 saturated carbocycles. The molecular weight excluding hydrogens is 332 g/mol. The molecule has 0 spiro atoms. The van der Waals surface area contributed by atoms with Crippen LogP contribution in [0.3, 0.4) is 0 Å². The van der Waals surface area contributed by atoms with Crippen LogP contribution in [0, 0.1) is 0 Å². The summed E-state index contributed by atoms with van der Waals surface area (Å²) < 4.78 is 1.65. The Hall–Kier alpha value is -3.42. The lowest BCUT2D eigenvalue weighted by molar-refractivity contribution is 0.0697. The molecule has 0 amide bonds. The Morgan fingerprint density at radius 1 is 1.23 bits per heavy atom. The molecule has 3 rings (SSSR count). The molecule has 0 unspecified atom stereocenters. The number of carboxylic acids is 1. The SMILES string of the molecule is CCc1ccccc1CNc1nc(Nc2cnn(C)c2)ncc1C(=O)O. The average Bonchev–Trinajstić information content (AvgIpc) is 3.04. The smallest absolute Gasteiger partial charge is 0.341 e. The third-order valence-electron chi connectivity index (χ3n) is 3.93. The Bertz CT molecular complexity index is 922. The van der Waals surface area contributed by atoms with Gasteiger partial charge in [0.15, 0.2) is 0 Å². The maximum atomic E-state index is 11.5. The van der Waals surface area contributed by atoms with Crippen LogP contribution >= 0.6 is 0 Å². The molecule has 0 aliphatic heterocycles. The fraction of sp³-hybridized carbons (Fsp3) is 0.222. The van der Waals surface area contributed by atoms with Crippen LogP contribution in [0.25, 0.3) is 0 Å². The minimum absolute atomic E-state index is 0.0238. The lowest BCUT2D eigenvalue weighted by Crippen LogP contribution is -2.11. The van der Waals surface area contributed by atoms with Crippen LogP contribution in [-0.4, -0.2) is 30.8 Å². The number of benzene rings is 1. The summed E-state index contributed by atoms with van der Waals surface area (Å²) in [5.74, 6) is -0.511. The monoisotopic (exact) mass is 352 g/mol. The first-order valence-corrected chi connectivity index (χ1v) is 8.23. The van der Waals surface area contributed by atoms with Crippen molar-refractivity contribution in [3.63, 3.8) is 0 Å². The number of nitrogens with one attached hydrogen (secondary N) is 2. The van der Waals surface area contributed by atoms with E-state index in [0.29, 0.717) is 12.5 Å². The van der Waals surface area contributed by atoms with E-state index < -0.39 is 5.97 Å². The molecule has 3 aromatic rings. The highest BCUT2D eigenvalue weighted by Gasteiger charge is 2.14. The largest absolute Gasteiger partial charge is 0.477 e.